The average molecular weight is 143 g/mol. The van der Waals surface area contributed by atoms with Crippen molar-refractivity contribution in [2.75, 3.05) is 0 Å². The van der Waals surface area contributed by atoms with Gasteiger partial charge in [-0.05, 0) is 0 Å². The largest absolute Gasteiger partial charge is 2.00 e. The zero-order valence-electron chi connectivity index (χ0n) is 4.38. The molecular weight excluding hydrogens is 135 g/mol. The van der Waals surface area contributed by atoms with E-state index in [9.17, 15) is 0 Å². The fourth-order valence-corrected chi connectivity index (χ4v) is 0. The third-order valence-corrected chi connectivity index (χ3v) is 0. The average Bonchev–Trinajstić information content (AvgIpc) is 0.811. The molecular formula is H8BeNO7+. The maximum absolute atomic E-state index is 8.25. The molecule has 0 saturated carbocycles. The topological polar surface area (TPSA) is 192 Å². The Kier molecular flexibility index (Phi) is 553. The van der Waals surface area contributed by atoms with Crippen LogP contribution in [0, 0.1) is 15.3 Å². The van der Waals surface area contributed by atoms with E-state index in [1.807, 2.05) is 0 Å². The van der Waals surface area contributed by atoms with Gasteiger partial charge in [-0.1, -0.05) is 0 Å². The van der Waals surface area contributed by atoms with Crippen LogP contribution >= 0.6 is 0 Å². The first-order chi connectivity index (χ1) is 1.73. The van der Waals surface area contributed by atoms with Gasteiger partial charge in [-0.15, -0.1) is 0 Å². The zero-order valence-corrected chi connectivity index (χ0v) is 4.38. The summed E-state index contributed by atoms with van der Waals surface area (Å²) in [7, 11) is 0. The molecule has 0 atom stereocenters. The van der Waals surface area contributed by atoms with Gasteiger partial charge >= 0.3 is 10.1 Å². The van der Waals surface area contributed by atoms with Crippen molar-refractivity contribution in [3.8, 4) is 0 Å². The fourth-order valence-electron chi connectivity index (χ4n) is 0. The third kappa shape index (κ3) is 312. The van der Waals surface area contributed by atoms with Crippen LogP contribution in [-0.4, -0.2) is 37.1 Å². The Morgan fingerprint density at radius 3 is 0.889 bits per heavy atom. The van der Waals surface area contributed by atoms with Crippen LogP contribution < -0.4 is 0 Å². The Bertz CT molecular complexity index is 31.9. The molecule has 0 aromatic heterocycles. The maximum Gasteiger partial charge on any atom is 2.00 e. The Labute approximate surface area is 53.7 Å². The smallest absolute Gasteiger partial charge is 0.412 e. The van der Waals surface area contributed by atoms with Gasteiger partial charge < -0.3 is 37.2 Å². The van der Waals surface area contributed by atoms with Crippen LogP contribution in [0.25, 0.3) is 0 Å². The van der Waals surface area contributed by atoms with E-state index in [4.69, 9.17) is 15.3 Å². The summed E-state index contributed by atoms with van der Waals surface area (Å²) in [6.07, 6.45) is 0. The minimum atomic E-state index is -1.75. The van der Waals surface area contributed by atoms with Gasteiger partial charge in [-0.25, -0.2) is 0 Å². The quantitative estimate of drug-likeness (QED) is 0.190. The summed E-state index contributed by atoms with van der Waals surface area (Å²) in [5, 5.41) is 14.8. The molecule has 0 amide bonds. The van der Waals surface area contributed by atoms with Gasteiger partial charge in [0, 0.05) is 0 Å². The van der Waals surface area contributed by atoms with E-state index in [0.29, 0.717) is 0 Å². The molecule has 9 heavy (non-hydrogen) atoms. The number of hydrogen-bond acceptors (Lipinski definition) is 3. The molecule has 0 heterocycles. The number of nitrogens with zero attached hydrogens (tertiary/aromatic N) is 1. The molecule has 0 rings (SSSR count). The molecule has 0 aliphatic rings. The van der Waals surface area contributed by atoms with Gasteiger partial charge in [0.1, 0.15) is 0 Å². The van der Waals surface area contributed by atoms with Crippen LogP contribution in [0.2, 0.25) is 0 Å². The maximum atomic E-state index is 8.25. The first-order valence-electron chi connectivity index (χ1n) is 0.548. The predicted molar refractivity (Wildman–Crippen MR) is 30.6 cm³/mol. The van der Waals surface area contributed by atoms with E-state index >= 15 is 0 Å². The molecule has 0 aromatic carbocycles. The summed E-state index contributed by atoms with van der Waals surface area (Å²) in [6, 6.07) is 0. The normalized spacial score (nSPS) is 2.67. The summed E-state index contributed by atoms with van der Waals surface area (Å²) < 4.78 is 0. The van der Waals surface area contributed by atoms with Gasteiger partial charge in [0.2, 0.25) is 0 Å². The summed E-state index contributed by atoms with van der Waals surface area (Å²) >= 11 is 0. The van der Waals surface area contributed by atoms with Crippen LogP contribution in [0.4, 0.5) is 0 Å². The molecule has 0 fully saturated rings. The summed E-state index contributed by atoms with van der Waals surface area (Å²) in [5.74, 6) is 0. The third-order valence-electron chi connectivity index (χ3n) is 0. The van der Waals surface area contributed by atoms with Crippen molar-refractivity contribution in [3.05, 3.63) is 15.3 Å². The summed E-state index contributed by atoms with van der Waals surface area (Å²) in [5.41, 5.74) is 0. The summed E-state index contributed by atoms with van der Waals surface area (Å²) in [6.45, 7) is 0. The molecule has 0 saturated heterocycles. The number of rotatable bonds is 0. The van der Waals surface area contributed by atoms with Crippen molar-refractivity contribution in [2.45, 2.75) is 0 Å². The standard InChI is InChI=1S/Be.NO3.4H2O/c;2-1(3)4;;;;/h;;4*1H2/q+2;-1;;;;. The van der Waals surface area contributed by atoms with Crippen LogP contribution in [0.5, 0.6) is 0 Å². The Balaban J connectivity index is -0.00000000450. The van der Waals surface area contributed by atoms with Gasteiger partial charge in [0.05, 0.1) is 5.09 Å². The monoisotopic (exact) mass is 143 g/mol. The molecule has 0 aliphatic carbocycles. The van der Waals surface area contributed by atoms with Gasteiger partial charge in [0.15, 0.2) is 0 Å². The molecule has 8 nitrogen and oxygen atoms in total. The molecule has 8 N–H and O–H groups in total. The Hall–Kier alpha value is -0.791. The number of hydrogen-bond donors (Lipinski definition) is 0. The predicted octanol–water partition coefficient (Wildman–Crippen LogP) is -3.92. The van der Waals surface area contributed by atoms with Gasteiger partial charge in [-0.3, -0.25) is 0 Å². The van der Waals surface area contributed by atoms with E-state index in [1.165, 1.54) is 0 Å². The molecule has 0 aromatic rings. The van der Waals surface area contributed by atoms with E-state index in [0.717, 1.165) is 0 Å². The van der Waals surface area contributed by atoms with E-state index in [1.54, 1.807) is 0 Å². The SMILES string of the molecule is O.O.O.O.O=[N+]([O-])[O-].[Be+2]. The first kappa shape index (κ1) is 87.4. The van der Waals surface area contributed by atoms with Crippen LogP contribution in [0.3, 0.4) is 0 Å². The van der Waals surface area contributed by atoms with Crippen LogP contribution in [0.1, 0.15) is 0 Å². The second-order valence-electron chi connectivity index (χ2n) is 0.224. The fraction of sp³-hybridized carbons (Fsp3) is 0. The minimum absolute atomic E-state index is 0. The second kappa shape index (κ2) is 57.0. The van der Waals surface area contributed by atoms with E-state index in [2.05, 4.69) is 0 Å². The molecule has 0 bridgehead atoms. The molecule has 9 heteroatoms. The van der Waals surface area contributed by atoms with Gasteiger partial charge in [-0.2, -0.15) is 0 Å². The van der Waals surface area contributed by atoms with Crippen molar-refractivity contribution >= 4 is 10.1 Å². The first-order valence-corrected chi connectivity index (χ1v) is 0.548. The van der Waals surface area contributed by atoms with E-state index in [-0.39, 0.29) is 32.0 Å². The Morgan fingerprint density at radius 1 is 0.889 bits per heavy atom. The van der Waals surface area contributed by atoms with Crippen molar-refractivity contribution in [2.24, 2.45) is 0 Å². The second-order valence-corrected chi connectivity index (χ2v) is 0.224. The van der Waals surface area contributed by atoms with Crippen molar-refractivity contribution < 1.29 is 27.0 Å². The molecule has 0 aliphatic heterocycles. The van der Waals surface area contributed by atoms with Crippen LogP contribution in [-0.2, 0) is 0 Å². The molecule has 0 spiro atoms. The molecule has 0 unspecified atom stereocenters. The zero-order chi connectivity index (χ0) is 3.58. The minimum Gasteiger partial charge on any atom is -0.412 e. The van der Waals surface area contributed by atoms with Crippen LogP contribution in [0.15, 0.2) is 0 Å². The molecule has 0 radical (unpaired) electrons. The summed E-state index contributed by atoms with van der Waals surface area (Å²) in [4.78, 5) is 8.25. The van der Waals surface area contributed by atoms with Crippen molar-refractivity contribution in [1.82, 2.24) is 0 Å². The van der Waals surface area contributed by atoms with Crippen molar-refractivity contribution in [3.63, 3.8) is 0 Å². The Morgan fingerprint density at radius 2 is 0.889 bits per heavy atom. The molecule has 56 valence electrons. The van der Waals surface area contributed by atoms with Crippen molar-refractivity contribution in [1.29, 1.82) is 0 Å². The van der Waals surface area contributed by atoms with Gasteiger partial charge in [0.25, 0.3) is 0 Å². The van der Waals surface area contributed by atoms with E-state index < -0.39 is 5.09 Å².